The minimum Gasteiger partial charge on any atom is -0.310 e. The summed E-state index contributed by atoms with van der Waals surface area (Å²) in [6.45, 7) is 20.7. The fourth-order valence-electron chi connectivity index (χ4n) is 10.2. The standard InChI is InChI=1S/C58H37N5/c1-36-14-13-15-37(2)58(36)39-30-38(31-43(32-39)63-54-22-11-7-18-46(54)48-27-24-40(59-3)33-57(48)63)49-34-41(25-28-51(49)60-4)62-55-23-12-8-19-47(55)50-35-42(26-29-56(50)62)61-52-20-9-5-16-44(52)45-17-6-10-21-53(45)61/h5-35H,1-2H3. The Labute approximate surface area is 364 Å². The zero-order valence-electron chi connectivity index (χ0n) is 34.6. The third-order valence-corrected chi connectivity index (χ3v) is 12.9. The van der Waals surface area contributed by atoms with E-state index in [4.69, 9.17) is 13.1 Å². The zero-order valence-corrected chi connectivity index (χ0v) is 34.6. The van der Waals surface area contributed by atoms with Crippen molar-refractivity contribution in [2.45, 2.75) is 13.8 Å². The molecule has 63 heavy (non-hydrogen) atoms. The second-order valence-electron chi connectivity index (χ2n) is 16.4. The summed E-state index contributed by atoms with van der Waals surface area (Å²) in [4.78, 5) is 7.95. The molecular formula is C58H37N5. The lowest BCUT2D eigenvalue weighted by Gasteiger charge is -2.18. The van der Waals surface area contributed by atoms with Gasteiger partial charge >= 0.3 is 0 Å². The Kier molecular flexibility index (Phi) is 8.03. The third-order valence-electron chi connectivity index (χ3n) is 12.9. The maximum absolute atomic E-state index is 8.47. The Morgan fingerprint density at radius 3 is 1.43 bits per heavy atom. The fourth-order valence-corrected chi connectivity index (χ4v) is 10.2. The van der Waals surface area contributed by atoms with E-state index in [0.29, 0.717) is 11.4 Å². The second-order valence-corrected chi connectivity index (χ2v) is 16.4. The first-order valence-electron chi connectivity index (χ1n) is 21.2. The predicted molar refractivity (Wildman–Crippen MR) is 262 cm³/mol. The van der Waals surface area contributed by atoms with Gasteiger partial charge in [-0.3, -0.25) is 0 Å². The van der Waals surface area contributed by atoms with Crippen LogP contribution in [-0.2, 0) is 0 Å². The molecule has 0 amide bonds. The quantitative estimate of drug-likeness (QED) is 0.155. The number of aryl methyl sites for hydroxylation is 2. The molecule has 0 radical (unpaired) electrons. The Balaban J connectivity index is 1.10. The van der Waals surface area contributed by atoms with Crippen LogP contribution in [0.5, 0.6) is 0 Å². The van der Waals surface area contributed by atoms with Crippen LogP contribution in [0.15, 0.2) is 188 Å². The van der Waals surface area contributed by atoms with Crippen LogP contribution in [0.25, 0.3) is 114 Å². The Bertz CT molecular complexity index is 3900. The van der Waals surface area contributed by atoms with Crippen molar-refractivity contribution < 1.29 is 0 Å². The van der Waals surface area contributed by atoms with Crippen molar-refractivity contribution in [2.24, 2.45) is 0 Å². The molecule has 0 spiro atoms. The van der Waals surface area contributed by atoms with Crippen molar-refractivity contribution in [1.29, 1.82) is 0 Å². The molecule has 5 heteroatoms. The molecular weight excluding hydrogens is 767 g/mol. The van der Waals surface area contributed by atoms with E-state index in [1.807, 2.05) is 18.2 Å². The first-order valence-corrected chi connectivity index (χ1v) is 21.2. The molecule has 0 aliphatic carbocycles. The van der Waals surface area contributed by atoms with Gasteiger partial charge in [0.1, 0.15) is 0 Å². The summed E-state index contributed by atoms with van der Waals surface area (Å²) in [5, 5.41) is 7.01. The summed E-state index contributed by atoms with van der Waals surface area (Å²) in [7, 11) is 0. The molecule has 9 aromatic carbocycles. The van der Waals surface area contributed by atoms with Crippen LogP contribution in [0.3, 0.4) is 0 Å². The fraction of sp³-hybridized carbons (Fsp3) is 0.0345. The van der Waals surface area contributed by atoms with Crippen molar-refractivity contribution in [3.05, 3.63) is 222 Å². The van der Waals surface area contributed by atoms with Crippen molar-refractivity contribution in [2.75, 3.05) is 0 Å². The van der Waals surface area contributed by atoms with Gasteiger partial charge in [-0.25, -0.2) is 9.69 Å². The number of benzene rings is 9. The number of hydrogen-bond donors (Lipinski definition) is 0. The maximum atomic E-state index is 8.47. The molecule has 12 rings (SSSR count). The van der Waals surface area contributed by atoms with Crippen molar-refractivity contribution in [1.82, 2.24) is 13.7 Å². The molecule has 12 aromatic rings. The third kappa shape index (κ3) is 5.47. The number of nitrogens with zero attached hydrogens (tertiary/aromatic N) is 5. The largest absolute Gasteiger partial charge is 0.310 e. The van der Waals surface area contributed by atoms with Gasteiger partial charge in [0.05, 0.1) is 40.7 Å². The lowest BCUT2D eigenvalue weighted by Crippen LogP contribution is -1.98. The molecule has 0 aliphatic heterocycles. The second kappa shape index (κ2) is 14.0. The summed E-state index contributed by atoms with van der Waals surface area (Å²) in [6.07, 6.45) is 0. The van der Waals surface area contributed by atoms with Crippen molar-refractivity contribution in [3.63, 3.8) is 0 Å². The van der Waals surface area contributed by atoms with Gasteiger partial charge in [0.15, 0.2) is 11.4 Å². The number of para-hydroxylation sites is 4. The van der Waals surface area contributed by atoms with Crippen LogP contribution in [0.4, 0.5) is 11.4 Å². The minimum atomic E-state index is 0.579. The Hall–Kier alpha value is -8.64. The minimum absolute atomic E-state index is 0.579. The number of rotatable bonds is 5. The highest BCUT2D eigenvalue weighted by atomic mass is 15.0. The van der Waals surface area contributed by atoms with E-state index in [1.165, 1.54) is 38.5 Å². The monoisotopic (exact) mass is 803 g/mol. The van der Waals surface area contributed by atoms with E-state index in [-0.39, 0.29) is 0 Å². The van der Waals surface area contributed by atoms with Crippen LogP contribution in [0.1, 0.15) is 11.1 Å². The maximum Gasteiger partial charge on any atom is 0.195 e. The molecule has 0 fully saturated rings. The number of hydrogen-bond acceptors (Lipinski definition) is 0. The van der Waals surface area contributed by atoms with Crippen LogP contribution >= 0.6 is 0 Å². The van der Waals surface area contributed by atoms with Crippen molar-refractivity contribution in [3.8, 4) is 39.3 Å². The summed E-state index contributed by atoms with van der Waals surface area (Å²) >= 11 is 0. The van der Waals surface area contributed by atoms with E-state index < -0.39 is 0 Å². The normalized spacial score (nSPS) is 11.6. The first kappa shape index (κ1) is 36.2. The Morgan fingerprint density at radius 1 is 0.349 bits per heavy atom. The highest BCUT2D eigenvalue weighted by Crippen LogP contribution is 2.43. The van der Waals surface area contributed by atoms with Gasteiger partial charge in [0.25, 0.3) is 0 Å². The van der Waals surface area contributed by atoms with E-state index >= 15 is 0 Å². The van der Waals surface area contributed by atoms with Crippen LogP contribution in [0.2, 0.25) is 0 Å². The van der Waals surface area contributed by atoms with Gasteiger partial charge in [0.2, 0.25) is 0 Å². The van der Waals surface area contributed by atoms with Gasteiger partial charge in [-0.1, -0.05) is 109 Å². The van der Waals surface area contributed by atoms with Gasteiger partial charge in [-0.15, -0.1) is 0 Å². The zero-order chi connectivity index (χ0) is 42.3. The highest BCUT2D eigenvalue weighted by Gasteiger charge is 2.20. The summed E-state index contributed by atoms with van der Waals surface area (Å²) in [5.74, 6) is 0. The average molecular weight is 804 g/mol. The van der Waals surface area contributed by atoms with Crippen LogP contribution in [0, 0.1) is 27.0 Å². The highest BCUT2D eigenvalue weighted by molar-refractivity contribution is 6.13. The van der Waals surface area contributed by atoms with Crippen LogP contribution < -0.4 is 0 Å². The smallest absolute Gasteiger partial charge is 0.195 e. The number of fused-ring (bicyclic) bond motifs is 9. The predicted octanol–water partition coefficient (Wildman–Crippen LogP) is 16.0. The van der Waals surface area contributed by atoms with E-state index in [9.17, 15) is 0 Å². The van der Waals surface area contributed by atoms with Gasteiger partial charge < -0.3 is 13.7 Å². The lowest BCUT2D eigenvalue weighted by molar-refractivity contribution is 1.16. The average Bonchev–Trinajstić information content (AvgIpc) is 3.96. The molecule has 294 valence electrons. The summed E-state index contributed by atoms with van der Waals surface area (Å²) in [6, 6.07) is 66.5. The van der Waals surface area contributed by atoms with Crippen LogP contribution in [-0.4, -0.2) is 13.7 Å². The van der Waals surface area contributed by atoms with Gasteiger partial charge in [0, 0.05) is 54.9 Å². The molecule has 0 atom stereocenters. The molecule has 0 unspecified atom stereocenters. The van der Waals surface area contributed by atoms with Gasteiger partial charge in [-0.05, 0) is 126 Å². The van der Waals surface area contributed by atoms with E-state index in [0.717, 1.165) is 77.4 Å². The summed E-state index contributed by atoms with van der Waals surface area (Å²) < 4.78 is 6.99. The molecule has 0 aliphatic rings. The molecule has 0 saturated heterocycles. The summed E-state index contributed by atoms with van der Waals surface area (Å²) in [5.41, 5.74) is 17.2. The first-order chi connectivity index (χ1) is 31.0. The van der Waals surface area contributed by atoms with Gasteiger partial charge in [-0.2, -0.15) is 0 Å². The molecule has 3 aromatic heterocycles. The van der Waals surface area contributed by atoms with Crippen molar-refractivity contribution >= 4 is 76.8 Å². The molecule has 0 bridgehead atoms. The lowest BCUT2D eigenvalue weighted by atomic mass is 9.92. The van der Waals surface area contributed by atoms with E-state index in [2.05, 4.69) is 207 Å². The van der Waals surface area contributed by atoms with E-state index in [1.54, 1.807) is 0 Å². The Morgan fingerprint density at radius 2 is 0.841 bits per heavy atom. The molecule has 0 saturated carbocycles. The molecule has 3 heterocycles. The number of aromatic nitrogens is 3. The molecule has 5 nitrogen and oxygen atoms in total. The topological polar surface area (TPSA) is 23.5 Å². The SMILES string of the molecule is [C-]#[N+]c1ccc2c3ccccc3n(-c3cc(-c4cc(-n5c6ccccc6c6cc(-n7c8ccccc8c8ccccc87)ccc65)ccc4[N+]#[C-])cc(-c4c(C)cccc4C)c3)c2c1. The molecule has 0 N–H and O–H groups in total.